The number of nitrogens with two attached hydrogens (primary N) is 4. The lowest BCUT2D eigenvalue weighted by Crippen LogP contribution is -2.38. The van der Waals surface area contributed by atoms with Crippen LogP contribution in [0.25, 0.3) is 10.6 Å². The van der Waals surface area contributed by atoms with Crippen molar-refractivity contribution in [3.8, 4) is 10.6 Å². The minimum atomic E-state index is -0.653. The number of hydrogen-bond donors (Lipinski definition) is 5. The van der Waals surface area contributed by atoms with Gasteiger partial charge in [-0.2, -0.15) is 0 Å². The largest absolute Gasteiger partial charge is 0.382 e. The molecule has 12 heteroatoms. The van der Waals surface area contributed by atoms with Crippen LogP contribution in [-0.4, -0.2) is 39.9 Å². The van der Waals surface area contributed by atoms with Gasteiger partial charge in [0.25, 0.3) is 5.91 Å². The minimum Gasteiger partial charge on any atom is -0.382 e. The Kier molecular flexibility index (Phi) is 9.14. The Morgan fingerprint density at radius 2 is 1.82 bits per heavy atom. The third-order valence-corrected chi connectivity index (χ3v) is 6.28. The summed E-state index contributed by atoms with van der Waals surface area (Å²) in [5, 5.41) is 3.34. The summed E-state index contributed by atoms with van der Waals surface area (Å²) in [7, 11) is 0. The number of nitrogens with one attached hydrogen (secondary N) is 1. The first-order valence-electron chi connectivity index (χ1n) is 10.8. The summed E-state index contributed by atoms with van der Waals surface area (Å²) in [6, 6.07) is 8.45. The average Bonchev–Trinajstić information content (AvgIpc) is 3.29. The minimum absolute atomic E-state index is 0.0298. The summed E-state index contributed by atoms with van der Waals surface area (Å²) in [5.41, 5.74) is 24.7. The van der Waals surface area contributed by atoms with Crippen LogP contribution in [0.15, 0.2) is 35.5 Å². The number of unbranched alkanes of at least 4 members (excludes halogenated alkanes) is 1. The zero-order valence-electron chi connectivity index (χ0n) is 18.6. The number of thiazole rings is 1. The number of carbonyl (C=O) groups excluding carboxylic acids is 1. The van der Waals surface area contributed by atoms with Crippen molar-refractivity contribution < 1.29 is 4.79 Å². The maximum atomic E-state index is 12.2. The standard InChI is InChI=1S/C22H28ClN9OS/c23-17-19(26)31-18(25)16(30-17)20(33)32-22(27)28-11-2-1-4-13-6-8-14(9-7-13)21-29-12-15(34-21)5-3-10-24/h6-9,12H,1-5,10-11,24H2,(H4,25,26,31)(H3,27,28,32,33). The predicted octanol–water partition coefficient (Wildman–Crippen LogP) is 2.38. The molecule has 180 valence electrons. The monoisotopic (exact) mass is 501 g/mol. The first-order chi connectivity index (χ1) is 16.4. The Labute approximate surface area is 206 Å². The molecule has 0 bridgehead atoms. The molecule has 0 saturated heterocycles. The summed E-state index contributed by atoms with van der Waals surface area (Å²) >= 11 is 7.50. The van der Waals surface area contributed by atoms with Crippen LogP contribution >= 0.6 is 22.9 Å². The van der Waals surface area contributed by atoms with Gasteiger partial charge in [-0.1, -0.05) is 35.9 Å². The Bertz CT molecular complexity index is 1150. The Balaban J connectivity index is 1.42. The lowest BCUT2D eigenvalue weighted by atomic mass is 10.1. The topological polar surface area (TPSA) is 184 Å². The van der Waals surface area contributed by atoms with Crippen LogP contribution in [0.1, 0.15) is 40.2 Å². The van der Waals surface area contributed by atoms with Crippen LogP contribution in [-0.2, 0) is 12.8 Å². The molecule has 0 spiro atoms. The summed E-state index contributed by atoms with van der Waals surface area (Å²) < 4.78 is 0. The van der Waals surface area contributed by atoms with Gasteiger partial charge in [0.2, 0.25) is 0 Å². The smallest absolute Gasteiger partial charge is 0.280 e. The quantitative estimate of drug-likeness (QED) is 0.159. The lowest BCUT2D eigenvalue weighted by Gasteiger charge is -2.07. The van der Waals surface area contributed by atoms with Crippen molar-refractivity contribution in [3.05, 3.63) is 51.7 Å². The van der Waals surface area contributed by atoms with Crippen molar-refractivity contribution in [1.29, 1.82) is 0 Å². The molecule has 0 aliphatic heterocycles. The molecule has 0 aliphatic carbocycles. The normalized spacial score (nSPS) is 11.5. The molecule has 2 heterocycles. The van der Waals surface area contributed by atoms with Crippen molar-refractivity contribution in [2.24, 2.45) is 16.5 Å². The molecule has 34 heavy (non-hydrogen) atoms. The molecular formula is C22H28ClN9OS. The van der Waals surface area contributed by atoms with E-state index in [9.17, 15) is 4.79 Å². The molecule has 3 rings (SSSR count). The van der Waals surface area contributed by atoms with Crippen molar-refractivity contribution in [1.82, 2.24) is 20.3 Å². The number of nitrogens with zero attached hydrogens (tertiary/aromatic N) is 4. The van der Waals surface area contributed by atoms with Crippen LogP contribution in [0.2, 0.25) is 5.15 Å². The maximum Gasteiger partial charge on any atom is 0.280 e. The number of carbonyl (C=O) groups is 1. The van der Waals surface area contributed by atoms with Gasteiger partial charge < -0.3 is 22.9 Å². The Morgan fingerprint density at radius 1 is 1.06 bits per heavy atom. The fourth-order valence-corrected chi connectivity index (χ4v) is 4.20. The number of halogens is 1. The van der Waals surface area contributed by atoms with Crippen molar-refractivity contribution >= 4 is 46.4 Å². The van der Waals surface area contributed by atoms with E-state index in [1.54, 1.807) is 11.3 Å². The fourth-order valence-electron chi connectivity index (χ4n) is 3.11. The number of hydrogen-bond acceptors (Lipinski definition) is 9. The molecule has 0 aliphatic rings. The van der Waals surface area contributed by atoms with Crippen molar-refractivity contribution in [2.45, 2.75) is 32.1 Å². The highest BCUT2D eigenvalue weighted by Gasteiger charge is 2.16. The molecule has 3 aromatic rings. The van der Waals surface area contributed by atoms with Gasteiger partial charge in [0.05, 0.1) is 0 Å². The second kappa shape index (κ2) is 12.3. The second-order valence-electron chi connectivity index (χ2n) is 7.53. The van der Waals surface area contributed by atoms with E-state index in [-0.39, 0.29) is 28.4 Å². The molecule has 0 radical (unpaired) electrons. The van der Waals surface area contributed by atoms with Gasteiger partial charge in [-0.05, 0) is 44.2 Å². The number of guanidine groups is 1. The van der Waals surface area contributed by atoms with Gasteiger partial charge in [-0.3, -0.25) is 15.1 Å². The van der Waals surface area contributed by atoms with E-state index in [1.165, 1.54) is 10.4 Å². The third-order valence-electron chi connectivity index (χ3n) is 4.90. The lowest BCUT2D eigenvalue weighted by molar-refractivity contribution is 0.0972. The Morgan fingerprint density at radius 3 is 2.56 bits per heavy atom. The van der Waals surface area contributed by atoms with Gasteiger partial charge >= 0.3 is 0 Å². The highest BCUT2D eigenvalue weighted by atomic mass is 35.5. The predicted molar refractivity (Wildman–Crippen MR) is 138 cm³/mol. The first kappa shape index (κ1) is 25.3. The summed E-state index contributed by atoms with van der Waals surface area (Å²) in [4.78, 5) is 29.8. The fraction of sp³-hybridized carbons (Fsp3) is 0.318. The SMILES string of the molecule is NCCCc1cnc(-c2ccc(CCCCN=C(N)NC(=O)c3nc(Cl)c(N)nc3N)cc2)s1. The molecule has 1 aromatic carbocycles. The third kappa shape index (κ3) is 7.11. The van der Waals surface area contributed by atoms with Crippen LogP contribution in [0, 0.1) is 0 Å². The highest BCUT2D eigenvalue weighted by molar-refractivity contribution is 7.15. The summed E-state index contributed by atoms with van der Waals surface area (Å²) in [5.74, 6) is -0.875. The van der Waals surface area contributed by atoms with E-state index in [0.29, 0.717) is 13.1 Å². The molecular weight excluding hydrogens is 474 g/mol. The van der Waals surface area contributed by atoms with Gasteiger partial charge in [-0.15, -0.1) is 11.3 Å². The highest BCUT2D eigenvalue weighted by Crippen LogP contribution is 2.26. The number of aryl methyl sites for hydroxylation is 2. The van der Waals surface area contributed by atoms with Gasteiger partial charge in [0.15, 0.2) is 28.4 Å². The van der Waals surface area contributed by atoms with Crippen LogP contribution in [0.4, 0.5) is 11.6 Å². The molecule has 10 nitrogen and oxygen atoms in total. The average molecular weight is 502 g/mol. The van der Waals surface area contributed by atoms with Crippen LogP contribution < -0.4 is 28.3 Å². The molecule has 0 saturated carbocycles. The van der Waals surface area contributed by atoms with Crippen LogP contribution in [0.3, 0.4) is 0 Å². The van der Waals surface area contributed by atoms with Gasteiger partial charge in [0.1, 0.15) is 5.01 Å². The zero-order chi connectivity index (χ0) is 24.5. The zero-order valence-corrected chi connectivity index (χ0v) is 20.2. The summed E-state index contributed by atoms with van der Waals surface area (Å²) in [6.07, 6.45) is 6.54. The molecule has 1 amide bonds. The number of benzene rings is 1. The second-order valence-corrected chi connectivity index (χ2v) is 9.01. The van der Waals surface area contributed by atoms with Crippen LogP contribution in [0.5, 0.6) is 0 Å². The number of anilines is 2. The first-order valence-corrected chi connectivity index (χ1v) is 12.0. The Hall–Kier alpha value is -3.28. The molecule has 0 atom stereocenters. The summed E-state index contributed by atoms with van der Waals surface area (Å²) in [6.45, 7) is 1.16. The van der Waals surface area contributed by atoms with E-state index < -0.39 is 5.91 Å². The van der Waals surface area contributed by atoms with Crippen molar-refractivity contribution in [2.75, 3.05) is 24.6 Å². The van der Waals surface area contributed by atoms with E-state index in [0.717, 1.165) is 42.7 Å². The van der Waals surface area contributed by atoms with Gasteiger partial charge in [-0.25, -0.2) is 15.0 Å². The molecule has 0 unspecified atom stereocenters. The van der Waals surface area contributed by atoms with E-state index in [2.05, 4.69) is 49.5 Å². The van der Waals surface area contributed by atoms with E-state index in [1.807, 2.05) is 6.20 Å². The maximum absolute atomic E-state index is 12.2. The van der Waals surface area contributed by atoms with Crippen molar-refractivity contribution in [3.63, 3.8) is 0 Å². The van der Waals surface area contributed by atoms with E-state index >= 15 is 0 Å². The van der Waals surface area contributed by atoms with E-state index in [4.69, 9.17) is 34.5 Å². The number of amides is 1. The number of nitrogen functional groups attached to an aromatic ring is 2. The molecule has 2 aromatic heterocycles. The molecule has 0 fully saturated rings. The number of rotatable bonds is 10. The number of aromatic nitrogens is 3. The number of aliphatic imine (C=N–C) groups is 1. The molecule has 9 N–H and O–H groups in total. The van der Waals surface area contributed by atoms with Gasteiger partial charge in [0, 0.05) is 23.2 Å².